The van der Waals surface area contributed by atoms with Gasteiger partial charge < -0.3 is 20.1 Å². The van der Waals surface area contributed by atoms with Crippen LogP contribution < -0.4 is 10.5 Å². The van der Waals surface area contributed by atoms with Gasteiger partial charge in [-0.1, -0.05) is 17.7 Å². The van der Waals surface area contributed by atoms with E-state index >= 15 is 0 Å². The highest BCUT2D eigenvalue weighted by atomic mass is 35.5. The standard InChI is InChI=1S/C14H20ClN3O2/c1-11(20-13-4-2-3-12(15)9-13)10-17-14(16)18-5-7-19-8-6-18/h2-4,9,11H,5-8,10H2,1H3,(H2,16,17). The Balaban J connectivity index is 1.83. The maximum Gasteiger partial charge on any atom is 0.191 e. The van der Waals surface area contributed by atoms with E-state index in [0.29, 0.717) is 30.7 Å². The smallest absolute Gasteiger partial charge is 0.191 e. The topological polar surface area (TPSA) is 60.1 Å². The molecule has 1 unspecified atom stereocenters. The Morgan fingerprint density at radius 1 is 1.50 bits per heavy atom. The van der Waals surface area contributed by atoms with Gasteiger partial charge >= 0.3 is 0 Å². The van der Waals surface area contributed by atoms with Crippen LogP contribution in [0.1, 0.15) is 6.92 Å². The molecule has 0 radical (unpaired) electrons. The molecule has 1 fully saturated rings. The number of nitrogens with zero attached hydrogens (tertiary/aromatic N) is 2. The molecule has 1 aromatic rings. The molecule has 5 nitrogen and oxygen atoms in total. The van der Waals surface area contributed by atoms with Gasteiger partial charge in [0.1, 0.15) is 11.9 Å². The molecule has 0 saturated carbocycles. The summed E-state index contributed by atoms with van der Waals surface area (Å²) in [4.78, 5) is 6.40. The van der Waals surface area contributed by atoms with Crippen LogP contribution in [-0.4, -0.2) is 49.8 Å². The average Bonchev–Trinajstić information content (AvgIpc) is 2.46. The fraction of sp³-hybridized carbons (Fsp3) is 0.500. The zero-order chi connectivity index (χ0) is 14.4. The number of nitrogens with two attached hydrogens (primary N) is 1. The summed E-state index contributed by atoms with van der Waals surface area (Å²) >= 11 is 5.91. The van der Waals surface area contributed by atoms with E-state index in [-0.39, 0.29) is 6.10 Å². The van der Waals surface area contributed by atoms with Crippen molar-refractivity contribution in [3.63, 3.8) is 0 Å². The summed E-state index contributed by atoms with van der Waals surface area (Å²) in [7, 11) is 0. The third kappa shape index (κ3) is 4.58. The van der Waals surface area contributed by atoms with Crippen LogP contribution in [0.15, 0.2) is 29.3 Å². The first-order chi connectivity index (χ1) is 9.65. The monoisotopic (exact) mass is 297 g/mol. The quantitative estimate of drug-likeness (QED) is 0.679. The Labute approximate surface area is 124 Å². The Hall–Kier alpha value is -1.46. The Morgan fingerprint density at radius 2 is 2.25 bits per heavy atom. The summed E-state index contributed by atoms with van der Waals surface area (Å²) in [5.74, 6) is 1.29. The van der Waals surface area contributed by atoms with Crippen molar-refractivity contribution >= 4 is 17.6 Å². The minimum absolute atomic E-state index is 0.0620. The van der Waals surface area contributed by atoms with Crippen molar-refractivity contribution in [2.24, 2.45) is 10.7 Å². The summed E-state index contributed by atoms with van der Waals surface area (Å²) in [5.41, 5.74) is 5.96. The second-order valence-electron chi connectivity index (χ2n) is 4.68. The Morgan fingerprint density at radius 3 is 2.95 bits per heavy atom. The molecule has 2 rings (SSSR count). The van der Waals surface area contributed by atoms with Crippen LogP contribution in [0.2, 0.25) is 5.02 Å². The van der Waals surface area contributed by atoms with E-state index in [2.05, 4.69) is 4.99 Å². The second kappa shape index (κ2) is 7.36. The van der Waals surface area contributed by atoms with Gasteiger partial charge in [-0.15, -0.1) is 0 Å². The van der Waals surface area contributed by atoms with Crippen LogP contribution in [0.5, 0.6) is 5.75 Å². The number of guanidine groups is 1. The minimum Gasteiger partial charge on any atom is -0.489 e. The van der Waals surface area contributed by atoms with Gasteiger partial charge in [-0.2, -0.15) is 0 Å². The van der Waals surface area contributed by atoms with Crippen LogP contribution >= 0.6 is 11.6 Å². The lowest BCUT2D eigenvalue weighted by atomic mass is 10.3. The molecule has 1 atom stereocenters. The van der Waals surface area contributed by atoms with Crippen molar-refractivity contribution < 1.29 is 9.47 Å². The fourth-order valence-corrected chi connectivity index (χ4v) is 2.10. The Kier molecular flexibility index (Phi) is 5.49. The van der Waals surface area contributed by atoms with Crippen LogP contribution in [0.4, 0.5) is 0 Å². The van der Waals surface area contributed by atoms with E-state index in [1.807, 2.05) is 30.0 Å². The largest absolute Gasteiger partial charge is 0.489 e. The zero-order valence-electron chi connectivity index (χ0n) is 11.6. The third-order valence-corrected chi connectivity index (χ3v) is 3.21. The second-order valence-corrected chi connectivity index (χ2v) is 5.12. The number of hydrogen-bond donors (Lipinski definition) is 1. The van der Waals surface area contributed by atoms with Crippen LogP contribution in [0.25, 0.3) is 0 Å². The first kappa shape index (κ1) is 14.9. The molecule has 1 aromatic carbocycles. The highest BCUT2D eigenvalue weighted by Crippen LogP contribution is 2.18. The zero-order valence-corrected chi connectivity index (χ0v) is 12.3. The van der Waals surface area contributed by atoms with E-state index in [4.69, 9.17) is 26.8 Å². The van der Waals surface area contributed by atoms with Crippen LogP contribution in [-0.2, 0) is 4.74 Å². The molecule has 20 heavy (non-hydrogen) atoms. The van der Waals surface area contributed by atoms with Gasteiger partial charge in [0.2, 0.25) is 0 Å². The normalized spacial score (nSPS) is 17.9. The lowest BCUT2D eigenvalue weighted by Gasteiger charge is -2.27. The van der Waals surface area contributed by atoms with Crippen LogP contribution in [0, 0.1) is 0 Å². The highest BCUT2D eigenvalue weighted by molar-refractivity contribution is 6.30. The molecule has 0 bridgehead atoms. The van der Waals surface area contributed by atoms with E-state index in [1.165, 1.54) is 0 Å². The maximum atomic E-state index is 5.96. The first-order valence-corrected chi connectivity index (χ1v) is 7.08. The molecule has 6 heteroatoms. The number of morpholine rings is 1. The lowest BCUT2D eigenvalue weighted by Crippen LogP contribution is -2.45. The summed E-state index contributed by atoms with van der Waals surface area (Å²) in [5, 5.41) is 0.658. The highest BCUT2D eigenvalue weighted by Gasteiger charge is 2.12. The van der Waals surface area contributed by atoms with Crippen molar-refractivity contribution in [3.8, 4) is 5.75 Å². The summed E-state index contributed by atoms with van der Waals surface area (Å²) in [6, 6.07) is 7.33. The molecular formula is C14H20ClN3O2. The average molecular weight is 298 g/mol. The molecule has 1 aliphatic rings. The van der Waals surface area contributed by atoms with Gasteiger partial charge in [-0.05, 0) is 25.1 Å². The number of halogens is 1. The number of aliphatic imine (C=N–C) groups is 1. The van der Waals surface area contributed by atoms with Crippen molar-refractivity contribution in [2.75, 3.05) is 32.8 Å². The number of rotatable bonds is 4. The predicted molar refractivity (Wildman–Crippen MR) is 80.4 cm³/mol. The van der Waals surface area contributed by atoms with Gasteiger partial charge in [-0.25, -0.2) is 4.99 Å². The van der Waals surface area contributed by atoms with E-state index in [9.17, 15) is 0 Å². The first-order valence-electron chi connectivity index (χ1n) is 6.70. The summed E-state index contributed by atoms with van der Waals surface area (Å²) < 4.78 is 11.0. The molecular weight excluding hydrogens is 278 g/mol. The number of hydrogen-bond acceptors (Lipinski definition) is 3. The summed E-state index contributed by atoms with van der Waals surface area (Å²) in [6.07, 6.45) is -0.0620. The van der Waals surface area contributed by atoms with Crippen molar-refractivity contribution in [1.82, 2.24) is 4.90 Å². The number of benzene rings is 1. The van der Waals surface area contributed by atoms with Gasteiger partial charge in [-0.3, -0.25) is 0 Å². The molecule has 1 aliphatic heterocycles. The molecule has 2 N–H and O–H groups in total. The van der Waals surface area contributed by atoms with Crippen molar-refractivity contribution in [3.05, 3.63) is 29.3 Å². The minimum atomic E-state index is -0.0620. The lowest BCUT2D eigenvalue weighted by molar-refractivity contribution is 0.0673. The van der Waals surface area contributed by atoms with E-state index in [1.54, 1.807) is 6.07 Å². The van der Waals surface area contributed by atoms with Crippen molar-refractivity contribution in [1.29, 1.82) is 0 Å². The predicted octanol–water partition coefficient (Wildman–Crippen LogP) is 1.75. The molecule has 110 valence electrons. The maximum absolute atomic E-state index is 5.96. The molecule has 1 heterocycles. The fourth-order valence-electron chi connectivity index (χ4n) is 1.92. The molecule has 0 aromatic heterocycles. The van der Waals surface area contributed by atoms with Gasteiger partial charge in [0.05, 0.1) is 19.8 Å². The molecule has 0 aliphatic carbocycles. The van der Waals surface area contributed by atoms with Crippen LogP contribution in [0.3, 0.4) is 0 Å². The molecule has 1 saturated heterocycles. The molecule has 0 amide bonds. The van der Waals surface area contributed by atoms with Gasteiger partial charge in [0.25, 0.3) is 0 Å². The summed E-state index contributed by atoms with van der Waals surface area (Å²) in [6.45, 7) is 5.44. The van der Waals surface area contributed by atoms with Gasteiger partial charge in [0.15, 0.2) is 5.96 Å². The third-order valence-electron chi connectivity index (χ3n) is 2.98. The van der Waals surface area contributed by atoms with E-state index in [0.717, 1.165) is 18.8 Å². The number of ether oxygens (including phenoxy) is 2. The van der Waals surface area contributed by atoms with Crippen molar-refractivity contribution in [2.45, 2.75) is 13.0 Å². The van der Waals surface area contributed by atoms with E-state index < -0.39 is 0 Å². The molecule has 0 spiro atoms. The Bertz CT molecular complexity index is 461. The van der Waals surface area contributed by atoms with Gasteiger partial charge in [0, 0.05) is 18.1 Å². The SMILES string of the molecule is CC(CN=C(N)N1CCOCC1)Oc1cccc(Cl)c1.